The van der Waals surface area contributed by atoms with Crippen molar-refractivity contribution in [3.05, 3.63) is 34.1 Å². The van der Waals surface area contributed by atoms with E-state index in [-0.39, 0.29) is 30.5 Å². The Morgan fingerprint density at radius 1 is 1.19 bits per heavy atom. The minimum Gasteiger partial charge on any atom is -0.454 e. The Balaban J connectivity index is 1.41. The lowest BCUT2D eigenvalue weighted by Gasteiger charge is -2.31. The average Bonchev–Trinajstić information content (AvgIpc) is 3.21. The van der Waals surface area contributed by atoms with Crippen molar-refractivity contribution in [1.82, 2.24) is 9.97 Å². The largest absolute Gasteiger partial charge is 0.454 e. The number of ether oxygens (including phenoxy) is 2. The number of piperidine rings is 1. The van der Waals surface area contributed by atoms with Crippen molar-refractivity contribution in [2.24, 2.45) is 5.92 Å². The summed E-state index contributed by atoms with van der Waals surface area (Å²) in [5.74, 6) is 0.578. The van der Waals surface area contributed by atoms with Crippen molar-refractivity contribution >= 4 is 29.3 Å². The summed E-state index contributed by atoms with van der Waals surface area (Å²) < 4.78 is 10.6. The average molecular weight is 425 g/mol. The number of aromatic nitrogens is 2. The van der Waals surface area contributed by atoms with E-state index >= 15 is 0 Å². The summed E-state index contributed by atoms with van der Waals surface area (Å²) in [6, 6.07) is 5.02. The summed E-state index contributed by atoms with van der Waals surface area (Å²) in [6.07, 6.45) is 1.89. The highest BCUT2D eigenvalue weighted by atomic mass is 16.7. The zero-order valence-corrected chi connectivity index (χ0v) is 17.1. The van der Waals surface area contributed by atoms with Crippen molar-refractivity contribution in [3.63, 3.8) is 0 Å². The Labute approximate surface area is 177 Å². The molecule has 3 aliphatic rings. The van der Waals surface area contributed by atoms with E-state index in [1.807, 2.05) is 4.90 Å². The molecule has 1 atom stereocenters. The molecule has 10 heteroatoms. The van der Waals surface area contributed by atoms with E-state index in [2.05, 4.69) is 27.5 Å². The van der Waals surface area contributed by atoms with E-state index < -0.39 is 17.4 Å². The number of hydrogen-bond donors (Lipinski definition) is 3. The highest BCUT2D eigenvalue weighted by Crippen LogP contribution is 2.35. The highest BCUT2D eigenvalue weighted by Gasteiger charge is 2.35. The van der Waals surface area contributed by atoms with Gasteiger partial charge in [0.15, 0.2) is 11.5 Å². The number of anilines is 3. The molecular weight excluding hydrogens is 402 g/mol. The third-order valence-corrected chi connectivity index (χ3v) is 5.98. The van der Waals surface area contributed by atoms with Crippen molar-refractivity contribution in [2.75, 3.05) is 35.4 Å². The molecule has 3 N–H and O–H groups in total. The van der Waals surface area contributed by atoms with Crippen molar-refractivity contribution in [3.8, 4) is 11.5 Å². The number of benzene rings is 1. The number of aromatic amines is 1. The van der Waals surface area contributed by atoms with Crippen LogP contribution in [0.1, 0.15) is 37.7 Å². The summed E-state index contributed by atoms with van der Waals surface area (Å²) in [7, 11) is 0. The fourth-order valence-electron chi connectivity index (χ4n) is 4.16. The van der Waals surface area contributed by atoms with Crippen LogP contribution < -0.4 is 30.6 Å². The van der Waals surface area contributed by atoms with E-state index in [9.17, 15) is 14.4 Å². The molecule has 0 saturated carbocycles. The lowest BCUT2D eigenvalue weighted by Crippen LogP contribution is -2.39. The van der Waals surface area contributed by atoms with Gasteiger partial charge in [-0.25, -0.2) is 0 Å². The van der Waals surface area contributed by atoms with Gasteiger partial charge in [0.2, 0.25) is 24.6 Å². The van der Waals surface area contributed by atoms with E-state index in [1.54, 1.807) is 18.2 Å². The minimum atomic E-state index is -0.944. The number of H-pyrrole nitrogens is 1. The first kappa shape index (κ1) is 19.4. The van der Waals surface area contributed by atoms with Crippen LogP contribution >= 0.6 is 0 Å². The molecule has 4 heterocycles. The molecule has 0 spiro atoms. The van der Waals surface area contributed by atoms with E-state index in [0.29, 0.717) is 29.1 Å². The fraction of sp³-hybridized carbons (Fsp3) is 0.429. The van der Waals surface area contributed by atoms with Gasteiger partial charge in [0.1, 0.15) is 5.82 Å². The molecule has 0 aliphatic carbocycles. The third-order valence-electron chi connectivity index (χ3n) is 5.98. The number of carbonyl (C=O) groups excluding carboxylic acids is 2. The van der Waals surface area contributed by atoms with E-state index in [0.717, 1.165) is 25.9 Å². The topological polar surface area (TPSA) is 126 Å². The molecule has 0 radical (unpaired) electrons. The van der Waals surface area contributed by atoms with Gasteiger partial charge < -0.3 is 25.0 Å². The quantitative estimate of drug-likeness (QED) is 0.685. The predicted molar refractivity (Wildman–Crippen MR) is 113 cm³/mol. The van der Waals surface area contributed by atoms with Crippen LogP contribution in [-0.2, 0) is 9.59 Å². The fourth-order valence-corrected chi connectivity index (χ4v) is 4.16. The Morgan fingerprint density at radius 2 is 1.97 bits per heavy atom. The molecule has 5 rings (SSSR count). The maximum Gasteiger partial charge on any atom is 0.258 e. The molecule has 10 nitrogen and oxygen atoms in total. The second kappa shape index (κ2) is 7.60. The molecule has 0 bridgehead atoms. The second-order valence-electron chi connectivity index (χ2n) is 8.18. The summed E-state index contributed by atoms with van der Waals surface area (Å²) in [5.41, 5.74) is 0.252. The minimum absolute atomic E-state index is 0.127. The molecular formula is C21H23N5O5. The van der Waals surface area contributed by atoms with Crippen LogP contribution in [0.5, 0.6) is 11.5 Å². The predicted octanol–water partition coefficient (Wildman–Crippen LogP) is 1.80. The van der Waals surface area contributed by atoms with Gasteiger partial charge in [-0.05, 0) is 30.9 Å². The number of rotatable bonds is 3. The van der Waals surface area contributed by atoms with Gasteiger partial charge in [0.05, 0.1) is 11.5 Å². The van der Waals surface area contributed by atoms with Gasteiger partial charge in [0.25, 0.3) is 5.56 Å². The smallest absolute Gasteiger partial charge is 0.258 e. The van der Waals surface area contributed by atoms with E-state index in [4.69, 9.17) is 9.47 Å². The normalized spacial score (nSPS) is 20.2. The van der Waals surface area contributed by atoms with Gasteiger partial charge in [-0.1, -0.05) is 6.92 Å². The van der Waals surface area contributed by atoms with Gasteiger partial charge in [-0.15, -0.1) is 0 Å². The Morgan fingerprint density at radius 3 is 2.77 bits per heavy atom. The van der Waals surface area contributed by atoms with Gasteiger partial charge in [-0.2, -0.15) is 4.98 Å². The second-order valence-corrected chi connectivity index (χ2v) is 8.18. The Bertz CT molecular complexity index is 1110. The van der Waals surface area contributed by atoms with Crippen LogP contribution in [0.25, 0.3) is 0 Å². The highest BCUT2D eigenvalue weighted by molar-refractivity contribution is 6.04. The first-order valence-corrected chi connectivity index (χ1v) is 10.4. The molecule has 1 aromatic carbocycles. The molecule has 2 amide bonds. The number of nitrogens with zero attached hydrogens (tertiary/aromatic N) is 2. The molecule has 1 saturated heterocycles. The summed E-state index contributed by atoms with van der Waals surface area (Å²) >= 11 is 0. The van der Waals surface area contributed by atoms with E-state index in [1.165, 1.54) is 0 Å². The first-order chi connectivity index (χ1) is 15.0. The molecule has 1 aromatic heterocycles. The maximum atomic E-state index is 13.0. The number of amides is 2. The number of carbonyl (C=O) groups is 2. The number of nitrogens with one attached hydrogen (secondary N) is 3. The maximum absolute atomic E-state index is 13.0. The molecule has 2 aromatic rings. The number of hydrogen-bond acceptors (Lipinski definition) is 7. The Hall–Kier alpha value is -3.56. The van der Waals surface area contributed by atoms with Crippen LogP contribution in [0.2, 0.25) is 0 Å². The standard InChI is InChI=1S/C21H23N5O5/c1-11-4-6-26(7-5-11)21-24-18-17(20(29)25-21)13(9-16(27)23-18)19(28)22-12-2-3-14-15(8-12)31-10-30-14/h2-3,8,11,13H,4-7,9-10H2,1H3,(H,22,28)(H2,23,24,25,27,29)/t13-/m1/s1. The van der Waals surface area contributed by atoms with Crippen LogP contribution in [0.3, 0.4) is 0 Å². The molecule has 3 aliphatic heterocycles. The van der Waals surface area contributed by atoms with Crippen molar-refractivity contribution < 1.29 is 19.1 Å². The molecule has 31 heavy (non-hydrogen) atoms. The Kier molecular flexibility index (Phi) is 4.76. The van der Waals surface area contributed by atoms with Crippen LogP contribution in [-0.4, -0.2) is 41.7 Å². The zero-order chi connectivity index (χ0) is 21.5. The third kappa shape index (κ3) is 3.69. The SMILES string of the molecule is CC1CCN(c2nc3c(c(=O)[nH]2)[C@H](C(=O)Nc2ccc4c(c2)OCO4)CC(=O)N3)CC1. The first-order valence-electron chi connectivity index (χ1n) is 10.4. The van der Waals surface area contributed by atoms with Crippen LogP contribution in [0, 0.1) is 5.92 Å². The van der Waals surface area contributed by atoms with Crippen molar-refractivity contribution in [2.45, 2.75) is 32.1 Å². The molecule has 0 unspecified atom stereocenters. The lowest BCUT2D eigenvalue weighted by molar-refractivity contribution is -0.123. The number of fused-ring (bicyclic) bond motifs is 2. The molecule has 1 fully saturated rings. The van der Waals surface area contributed by atoms with Gasteiger partial charge in [-0.3, -0.25) is 19.4 Å². The molecule has 162 valence electrons. The van der Waals surface area contributed by atoms with Crippen molar-refractivity contribution in [1.29, 1.82) is 0 Å². The summed E-state index contributed by atoms with van der Waals surface area (Å²) in [4.78, 5) is 47.5. The zero-order valence-electron chi connectivity index (χ0n) is 17.1. The van der Waals surface area contributed by atoms with Crippen LogP contribution in [0.4, 0.5) is 17.5 Å². The lowest BCUT2D eigenvalue weighted by atomic mass is 9.92. The van der Waals surface area contributed by atoms with Gasteiger partial charge in [0, 0.05) is 31.3 Å². The summed E-state index contributed by atoms with van der Waals surface area (Å²) in [6.45, 7) is 3.89. The van der Waals surface area contributed by atoms with Crippen LogP contribution in [0.15, 0.2) is 23.0 Å². The van der Waals surface area contributed by atoms with Gasteiger partial charge >= 0.3 is 0 Å². The summed E-state index contributed by atoms with van der Waals surface area (Å²) in [5, 5.41) is 5.43. The monoisotopic (exact) mass is 425 g/mol.